The van der Waals surface area contributed by atoms with Gasteiger partial charge in [0.05, 0.1) is 7.11 Å². The minimum absolute atomic E-state index is 0.886. The summed E-state index contributed by atoms with van der Waals surface area (Å²) in [5, 5.41) is 2.01. The predicted molar refractivity (Wildman–Crippen MR) is 60.1 cm³/mol. The Morgan fingerprint density at radius 2 is 2.14 bits per heavy atom. The molecule has 1 heterocycles. The van der Waals surface area contributed by atoms with Crippen LogP contribution in [0.15, 0.2) is 17.4 Å². The van der Waals surface area contributed by atoms with Crippen LogP contribution in [-0.2, 0) is 4.74 Å². The highest BCUT2D eigenvalue weighted by atomic mass is 16.5. The largest absolute Gasteiger partial charge is 0.497 e. The number of aromatic amines is 1. The van der Waals surface area contributed by atoms with E-state index in [-0.39, 0.29) is 0 Å². The summed E-state index contributed by atoms with van der Waals surface area (Å²) in [6.45, 7) is 10.0. The van der Waals surface area contributed by atoms with Gasteiger partial charge >= 0.3 is 0 Å². The first-order valence-electron chi connectivity index (χ1n) is 4.62. The number of allylic oxidation sites excluding steroid dienone is 2. The molecule has 0 spiro atoms. The molecule has 0 saturated carbocycles. The first kappa shape index (κ1) is 10.6. The fraction of sp³-hybridized carbons (Fsp3) is 0.333. The molecular formula is C12H17NO. The van der Waals surface area contributed by atoms with E-state index >= 15 is 0 Å². The van der Waals surface area contributed by atoms with E-state index in [1.165, 1.54) is 0 Å². The summed E-state index contributed by atoms with van der Waals surface area (Å²) in [5.41, 5.74) is 2.27. The highest BCUT2D eigenvalue weighted by molar-refractivity contribution is 5.44. The van der Waals surface area contributed by atoms with E-state index < -0.39 is 0 Å². The maximum Gasteiger partial charge on any atom is 0.119 e. The van der Waals surface area contributed by atoms with Gasteiger partial charge in [0.2, 0.25) is 0 Å². The van der Waals surface area contributed by atoms with Crippen molar-refractivity contribution >= 4 is 12.7 Å². The molecule has 1 aromatic heterocycles. The van der Waals surface area contributed by atoms with Gasteiger partial charge in [-0.2, -0.15) is 0 Å². The lowest BCUT2D eigenvalue weighted by Crippen LogP contribution is -2.20. The van der Waals surface area contributed by atoms with E-state index in [1.54, 1.807) is 7.11 Å². The van der Waals surface area contributed by atoms with Crippen molar-refractivity contribution in [1.29, 1.82) is 0 Å². The molecule has 0 aromatic carbocycles. The van der Waals surface area contributed by atoms with Crippen LogP contribution in [0.3, 0.4) is 0 Å². The molecule has 0 bridgehead atoms. The number of H-pyrrole nitrogens is 1. The zero-order valence-electron chi connectivity index (χ0n) is 9.27. The smallest absolute Gasteiger partial charge is 0.119 e. The van der Waals surface area contributed by atoms with Gasteiger partial charge in [0, 0.05) is 17.1 Å². The average Bonchev–Trinajstić information content (AvgIpc) is 2.40. The van der Waals surface area contributed by atoms with E-state index in [4.69, 9.17) is 4.74 Å². The topological polar surface area (TPSA) is 25.0 Å². The summed E-state index contributed by atoms with van der Waals surface area (Å²) < 4.78 is 5.26. The first-order valence-corrected chi connectivity index (χ1v) is 4.62. The second-order valence-electron chi connectivity index (χ2n) is 3.60. The van der Waals surface area contributed by atoms with E-state index in [1.807, 2.05) is 32.9 Å². The SMILES string of the molecule is C=c1cc(C)[nH]/c1=C/C(OC)=C(C)C. The second-order valence-corrected chi connectivity index (χ2v) is 3.60. The molecule has 0 atom stereocenters. The maximum atomic E-state index is 5.26. The monoisotopic (exact) mass is 191 g/mol. The van der Waals surface area contributed by atoms with Gasteiger partial charge in [-0.3, -0.25) is 0 Å². The van der Waals surface area contributed by atoms with Crippen LogP contribution in [0.2, 0.25) is 0 Å². The third-order valence-corrected chi connectivity index (χ3v) is 2.06. The summed E-state index contributed by atoms with van der Waals surface area (Å²) in [6.07, 6.45) is 1.98. The molecule has 0 fully saturated rings. The van der Waals surface area contributed by atoms with Crippen molar-refractivity contribution in [2.45, 2.75) is 20.8 Å². The molecule has 0 saturated heterocycles. The fourth-order valence-corrected chi connectivity index (χ4v) is 1.34. The average molecular weight is 191 g/mol. The van der Waals surface area contributed by atoms with Crippen LogP contribution in [0.1, 0.15) is 19.5 Å². The number of aryl methyl sites for hydroxylation is 1. The molecule has 0 aliphatic heterocycles. The van der Waals surface area contributed by atoms with Gasteiger partial charge in [0.1, 0.15) is 5.76 Å². The Bertz CT molecular complexity index is 447. The lowest BCUT2D eigenvalue weighted by molar-refractivity contribution is 0.309. The molecule has 0 aliphatic rings. The maximum absolute atomic E-state index is 5.26. The van der Waals surface area contributed by atoms with Crippen LogP contribution >= 0.6 is 0 Å². The Labute approximate surface area is 84.6 Å². The molecule has 2 nitrogen and oxygen atoms in total. The summed E-state index contributed by atoms with van der Waals surface area (Å²) in [4.78, 5) is 3.23. The molecule has 0 aliphatic carbocycles. The van der Waals surface area contributed by atoms with Crippen LogP contribution in [0, 0.1) is 6.92 Å². The number of aromatic nitrogens is 1. The summed E-state index contributed by atoms with van der Waals surface area (Å²) in [5.74, 6) is 0.886. The Balaban J connectivity index is 3.29. The molecule has 1 rings (SSSR count). The van der Waals surface area contributed by atoms with Gasteiger partial charge < -0.3 is 9.72 Å². The normalized spacial score (nSPS) is 11.6. The van der Waals surface area contributed by atoms with Crippen molar-refractivity contribution < 1.29 is 4.74 Å². The number of nitrogens with one attached hydrogen (secondary N) is 1. The van der Waals surface area contributed by atoms with Crippen LogP contribution in [-0.4, -0.2) is 12.1 Å². The third kappa shape index (κ3) is 2.28. The van der Waals surface area contributed by atoms with E-state index in [0.29, 0.717) is 0 Å². The summed E-state index contributed by atoms with van der Waals surface area (Å²) in [7, 11) is 1.68. The molecular weight excluding hydrogens is 174 g/mol. The van der Waals surface area contributed by atoms with Crippen LogP contribution in [0.5, 0.6) is 0 Å². The molecule has 1 N–H and O–H groups in total. The molecule has 1 aromatic rings. The number of hydrogen-bond acceptors (Lipinski definition) is 1. The molecule has 0 unspecified atom stereocenters. The van der Waals surface area contributed by atoms with Gasteiger partial charge in [-0.1, -0.05) is 6.58 Å². The van der Waals surface area contributed by atoms with Gasteiger partial charge in [-0.05, 0) is 37.6 Å². The van der Waals surface area contributed by atoms with Crippen molar-refractivity contribution in [2.75, 3.05) is 7.11 Å². The van der Waals surface area contributed by atoms with Crippen molar-refractivity contribution in [3.8, 4) is 0 Å². The fourth-order valence-electron chi connectivity index (χ4n) is 1.34. The van der Waals surface area contributed by atoms with Crippen LogP contribution < -0.4 is 10.6 Å². The van der Waals surface area contributed by atoms with Crippen molar-refractivity contribution in [1.82, 2.24) is 4.98 Å². The number of methoxy groups -OCH3 is 1. The van der Waals surface area contributed by atoms with E-state index in [2.05, 4.69) is 11.6 Å². The molecule has 2 heteroatoms. The standard InChI is InChI=1S/C12H17NO/c1-8(2)12(14-5)7-11-9(3)6-10(4)13-11/h6-7,13H,3H2,1-2,4-5H3/b11-7+. The number of rotatable bonds is 2. The summed E-state index contributed by atoms with van der Waals surface area (Å²) >= 11 is 0. The Kier molecular flexibility index (Phi) is 3.18. The molecule has 14 heavy (non-hydrogen) atoms. The molecule has 76 valence electrons. The minimum atomic E-state index is 0.886. The molecule has 0 radical (unpaired) electrons. The van der Waals surface area contributed by atoms with Crippen molar-refractivity contribution in [3.63, 3.8) is 0 Å². The van der Waals surface area contributed by atoms with E-state index in [9.17, 15) is 0 Å². The minimum Gasteiger partial charge on any atom is -0.497 e. The number of hydrogen-bond donors (Lipinski definition) is 1. The zero-order valence-corrected chi connectivity index (χ0v) is 9.27. The molecule has 0 amide bonds. The number of ether oxygens (including phenoxy) is 1. The van der Waals surface area contributed by atoms with Gasteiger partial charge in [0.15, 0.2) is 0 Å². The summed E-state index contributed by atoms with van der Waals surface area (Å²) in [6, 6.07) is 2.02. The predicted octanol–water partition coefficient (Wildman–Crippen LogP) is 1.45. The Morgan fingerprint density at radius 3 is 2.50 bits per heavy atom. The zero-order chi connectivity index (χ0) is 10.7. The van der Waals surface area contributed by atoms with E-state index in [0.717, 1.165) is 27.6 Å². The highest BCUT2D eigenvalue weighted by Gasteiger charge is 1.95. The lowest BCUT2D eigenvalue weighted by atomic mass is 10.2. The lowest BCUT2D eigenvalue weighted by Gasteiger charge is -2.01. The first-order chi connectivity index (χ1) is 6.54. The van der Waals surface area contributed by atoms with Gasteiger partial charge in [-0.15, -0.1) is 0 Å². The highest BCUT2D eigenvalue weighted by Crippen LogP contribution is 2.04. The Morgan fingerprint density at radius 1 is 1.50 bits per heavy atom. The van der Waals surface area contributed by atoms with Gasteiger partial charge in [-0.25, -0.2) is 0 Å². The van der Waals surface area contributed by atoms with Crippen molar-refractivity contribution in [3.05, 3.63) is 33.7 Å². The van der Waals surface area contributed by atoms with Crippen LogP contribution in [0.4, 0.5) is 0 Å². The third-order valence-electron chi connectivity index (χ3n) is 2.06. The van der Waals surface area contributed by atoms with Crippen molar-refractivity contribution in [2.24, 2.45) is 0 Å². The Hall–Kier alpha value is -1.44. The quantitative estimate of drug-likeness (QED) is 0.703. The van der Waals surface area contributed by atoms with Crippen LogP contribution in [0.25, 0.3) is 12.7 Å². The van der Waals surface area contributed by atoms with Gasteiger partial charge in [0.25, 0.3) is 0 Å². The second kappa shape index (κ2) is 4.18.